The largest absolute Gasteiger partial charge is 0.384 e. The molecule has 35 heavy (non-hydrogen) atoms. The molecule has 0 bridgehead atoms. The lowest BCUT2D eigenvalue weighted by Gasteiger charge is -2.27. The number of aromatic nitrogens is 5. The minimum absolute atomic E-state index is 0.0285. The second-order valence-electron chi connectivity index (χ2n) is 8.83. The van der Waals surface area contributed by atoms with Crippen molar-refractivity contribution >= 4 is 11.6 Å². The van der Waals surface area contributed by atoms with Crippen molar-refractivity contribution < 1.29 is 4.52 Å². The molecule has 2 aliphatic rings. The molecule has 1 saturated heterocycles. The SMILES string of the molecule is C1CC1.CC(c1ccc(-c2ccc(N)nc2)cc1)c1noc(-c2cnc(N3CCNCC3)cn2)n1. The second kappa shape index (κ2) is 10.6. The topological polar surface area (TPSA) is 119 Å². The van der Waals surface area contributed by atoms with Gasteiger partial charge in [0.15, 0.2) is 5.82 Å². The zero-order valence-electron chi connectivity index (χ0n) is 19.9. The number of pyridine rings is 1. The molecule has 1 aromatic carbocycles. The summed E-state index contributed by atoms with van der Waals surface area (Å²) in [5.41, 5.74) is 9.42. The van der Waals surface area contributed by atoms with Crippen molar-refractivity contribution in [1.82, 2.24) is 30.4 Å². The van der Waals surface area contributed by atoms with Gasteiger partial charge in [0.2, 0.25) is 0 Å². The summed E-state index contributed by atoms with van der Waals surface area (Å²) >= 11 is 0. The Morgan fingerprint density at radius 1 is 0.886 bits per heavy atom. The van der Waals surface area contributed by atoms with Crippen LogP contribution in [-0.2, 0) is 0 Å². The number of rotatable bonds is 5. The molecule has 1 aliphatic heterocycles. The number of nitrogen functional groups attached to an aromatic ring is 1. The maximum absolute atomic E-state index is 5.67. The Bertz CT molecular complexity index is 1210. The third-order valence-corrected chi connectivity index (χ3v) is 6.01. The van der Waals surface area contributed by atoms with Gasteiger partial charge in [-0.15, -0.1) is 0 Å². The van der Waals surface area contributed by atoms with E-state index in [1.54, 1.807) is 24.7 Å². The molecule has 6 rings (SSSR count). The number of hydrogen-bond donors (Lipinski definition) is 2. The smallest absolute Gasteiger partial charge is 0.278 e. The normalized spacial score (nSPS) is 15.7. The molecule has 0 spiro atoms. The number of nitrogens with one attached hydrogen (secondary N) is 1. The van der Waals surface area contributed by atoms with Gasteiger partial charge in [0.25, 0.3) is 5.89 Å². The van der Waals surface area contributed by atoms with Crippen LogP contribution in [-0.4, -0.2) is 51.3 Å². The average Bonchev–Trinajstić information content (AvgIpc) is 3.73. The summed E-state index contributed by atoms with van der Waals surface area (Å²) in [6, 6.07) is 12.0. The molecule has 180 valence electrons. The predicted octanol–water partition coefficient (Wildman–Crippen LogP) is 3.90. The first-order valence-electron chi connectivity index (χ1n) is 12.1. The summed E-state index contributed by atoms with van der Waals surface area (Å²) < 4.78 is 5.48. The molecule has 0 radical (unpaired) electrons. The van der Waals surface area contributed by atoms with Crippen LogP contribution in [0.2, 0.25) is 0 Å². The number of nitrogens with two attached hydrogens (primary N) is 1. The van der Waals surface area contributed by atoms with Gasteiger partial charge in [0.1, 0.15) is 17.3 Å². The van der Waals surface area contributed by atoms with E-state index in [2.05, 4.69) is 59.6 Å². The fraction of sp³-hybridized carbons (Fsp3) is 0.346. The molecule has 1 saturated carbocycles. The molecular formula is C26H30N8O. The molecule has 9 nitrogen and oxygen atoms in total. The lowest BCUT2D eigenvalue weighted by Crippen LogP contribution is -2.43. The van der Waals surface area contributed by atoms with Crippen molar-refractivity contribution in [1.29, 1.82) is 0 Å². The maximum atomic E-state index is 5.67. The van der Waals surface area contributed by atoms with Gasteiger partial charge in [-0.25, -0.2) is 15.0 Å². The summed E-state index contributed by atoms with van der Waals surface area (Å²) in [5, 5.41) is 7.51. The van der Waals surface area contributed by atoms with Crippen molar-refractivity contribution in [3.8, 4) is 22.7 Å². The molecule has 3 aromatic heterocycles. The number of anilines is 2. The Balaban J connectivity index is 0.000000786. The maximum Gasteiger partial charge on any atom is 0.278 e. The zero-order valence-corrected chi connectivity index (χ0v) is 19.9. The summed E-state index contributed by atoms with van der Waals surface area (Å²) in [6.07, 6.45) is 9.72. The summed E-state index contributed by atoms with van der Waals surface area (Å²) in [6.45, 7) is 5.79. The van der Waals surface area contributed by atoms with Crippen LogP contribution in [0.3, 0.4) is 0 Å². The molecule has 0 amide bonds. The van der Waals surface area contributed by atoms with Crippen LogP contribution in [0.1, 0.15) is 43.5 Å². The monoisotopic (exact) mass is 470 g/mol. The van der Waals surface area contributed by atoms with Gasteiger partial charge in [0, 0.05) is 43.9 Å². The van der Waals surface area contributed by atoms with E-state index in [4.69, 9.17) is 10.3 Å². The third-order valence-electron chi connectivity index (χ3n) is 6.01. The van der Waals surface area contributed by atoms with Crippen LogP contribution >= 0.6 is 0 Å². The van der Waals surface area contributed by atoms with Crippen molar-refractivity contribution in [3.63, 3.8) is 0 Å². The molecule has 4 heterocycles. The highest BCUT2D eigenvalue weighted by Gasteiger charge is 2.19. The third kappa shape index (κ3) is 5.81. The zero-order chi connectivity index (χ0) is 24.0. The summed E-state index contributed by atoms with van der Waals surface area (Å²) in [4.78, 5) is 19.9. The van der Waals surface area contributed by atoms with Crippen LogP contribution in [0, 0.1) is 0 Å². The van der Waals surface area contributed by atoms with Crippen molar-refractivity contribution in [2.24, 2.45) is 0 Å². The molecule has 4 aromatic rings. The van der Waals surface area contributed by atoms with Crippen LogP contribution < -0.4 is 16.0 Å². The van der Waals surface area contributed by atoms with E-state index in [-0.39, 0.29) is 5.92 Å². The summed E-state index contributed by atoms with van der Waals surface area (Å²) in [5.74, 6) is 2.32. The minimum atomic E-state index is -0.0285. The molecule has 2 fully saturated rings. The van der Waals surface area contributed by atoms with Gasteiger partial charge in [-0.3, -0.25) is 0 Å². The second-order valence-corrected chi connectivity index (χ2v) is 8.83. The first-order chi connectivity index (χ1) is 17.2. The molecule has 1 atom stereocenters. The Kier molecular flexibility index (Phi) is 6.94. The fourth-order valence-electron chi connectivity index (χ4n) is 3.69. The predicted molar refractivity (Wildman–Crippen MR) is 136 cm³/mol. The van der Waals surface area contributed by atoms with Crippen LogP contribution in [0.15, 0.2) is 59.5 Å². The van der Waals surface area contributed by atoms with E-state index in [0.29, 0.717) is 23.2 Å². The molecule has 3 N–H and O–H groups in total. The van der Waals surface area contributed by atoms with Crippen molar-refractivity contribution in [2.75, 3.05) is 36.8 Å². The highest BCUT2D eigenvalue weighted by atomic mass is 16.5. The summed E-state index contributed by atoms with van der Waals surface area (Å²) in [7, 11) is 0. The Hall–Kier alpha value is -3.85. The van der Waals surface area contributed by atoms with Gasteiger partial charge < -0.3 is 20.5 Å². The van der Waals surface area contributed by atoms with Gasteiger partial charge in [-0.1, -0.05) is 55.6 Å². The Morgan fingerprint density at radius 3 is 2.26 bits per heavy atom. The number of piperazine rings is 1. The first-order valence-corrected chi connectivity index (χ1v) is 12.1. The van der Waals surface area contributed by atoms with Gasteiger partial charge in [0.05, 0.1) is 12.4 Å². The van der Waals surface area contributed by atoms with Crippen LogP contribution in [0.5, 0.6) is 0 Å². The van der Waals surface area contributed by atoms with Crippen LogP contribution in [0.4, 0.5) is 11.6 Å². The lowest BCUT2D eigenvalue weighted by atomic mass is 9.97. The lowest BCUT2D eigenvalue weighted by molar-refractivity contribution is 0.419. The number of hydrogen-bond acceptors (Lipinski definition) is 9. The highest BCUT2D eigenvalue weighted by Crippen LogP contribution is 2.27. The molecule has 1 unspecified atom stereocenters. The first kappa shape index (κ1) is 22.9. The van der Waals surface area contributed by atoms with Gasteiger partial charge in [-0.2, -0.15) is 4.98 Å². The molecular weight excluding hydrogens is 440 g/mol. The van der Waals surface area contributed by atoms with Crippen LogP contribution in [0.25, 0.3) is 22.7 Å². The van der Waals surface area contributed by atoms with E-state index < -0.39 is 0 Å². The average molecular weight is 471 g/mol. The quantitative estimate of drug-likeness (QED) is 0.447. The van der Waals surface area contributed by atoms with E-state index >= 15 is 0 Å². The van der Waals surface area contributed by atoms with E-state index in [1.807, 2.05) is 13.0 Å². The number of benzene rings is 1. The molecule has 1 aliphatic carbocycles. The highest BCUT2D eigenvalue weighted by molar-refractivity contribution is 5.64. The van der Waals surface area contributed by atoms with Crippen molar-refractivity contribution in [3.05, 3.63) is 66.4 Å². The standard InChI is InChI=1S/C23H24N8O.C3H6/c1-15(16-2-4-17(5-3-16)18-6-7-20(24)27-12-18)22-29-23(32-30-22)19-13-28-21(14-26-19)31-10-8-25-9-11-31;1-2-3-1/h2-7,12-15,25H,8-11H2,1H3,(H2,24,27);1-3H2. The minimum Gasteiger partial charge on any atom is -0.384 e. The van der Waals surface area contributed by atoms with E-state index in [9.17, 15) is 0 Å². The number of nitrogens with zero attached hydrogens (tertiary/aromatic N) is 6. The Morgan fingerprint density at radius 2 is 1.63 bits per heavy atom. The van der Waals surface area contributed by atoms with Crippen molar-refractivity contribution in [2.45, 2.75) is 32.1 Å². The molecule has 9 heteroatoms. The van der Waals surface area contributed by atoms with Gasteiger partial charge in [-0.05, 0) is 23.3 Å². The van der Waals surface area contributed by atoms with E-state index in [1.165, 1.54) is 19.3 Å². The van der Waals surface area contributed by atoms with Gasteiger partial charge >= 0.3 is 0 Å². The Labute approximate surface area is 204 Å². The van der Waals surface area contributed by atoms with E-state index in [0.717, 1.165) is 48.7 Å². The fourth-order valence-corrected chi connectivity index (χ4v) is 3.69.